The van der Waals surface area contributed by atoms with Crippen LogP contribution in [0.4, 0.5) is 9.39 Å². The minimum atomic E-state index is -4.20. The number of sulfonamides is 1. The Bertz CT molecular complexity index is 801. The summed E-state index contributed by atoms with van der Waals surface area (Å²) in [6.45, 7) is 1.47. The van der Waals surface area contributed by atoms with E-state index in [4.69, 9.17) is 5.11 Å². The van der Waals surface area contributed by atoms with Crippen LogP contribution in [-0.4, -0.2) is 30.9 Å². The molecule has 0 amide bonds. The summed E-state index contributed by atoms with van der Waals surface area (Å²) in [6.07, 6.45) is 0. The quantitative estimate of drug-likeness (QED) is 0.927. The van der Waals surface area contributed by atoms with E-state index in [9.17, 15) is 17.6 Å². The van der Waals surface area contributed by atoms with Crippen LogP contribution in [0.1, 0.15) is 16.1 Å². The molecule has 1 aromatic heterocycles. The van der Waals surface area contributed by atoms with Crippen molar-refractivity contribution in [1.29, 1.82) is 0 Å². The monoisotopic (exact) mass is 330 g/mol. The zero-order valence-corrected chi connectivity index (χ0v) is 12.7. The molecule has 2 rings (SSSR count). The Morgan fingerprint density at radius 3 is 2.57 bits per heavy atom. The molecule has 0 unspecified atom stereocenters. The summed E-state index contributed by atoms with van der Waals surface area (Å²) in [7, 11) is -3.03. The van der Waals surface area contributed by atoms with Gasteiger partial charge in [0.15, 0.2) is 0 Å². The van der Waals surface area contributed by atoms with E-state index in [1.165, 1.54) is 26.1 Å². The largest absolute Gasteiger partial charge is 0.478 e. The Morgan fingerprint density at radius 1 is 1.38 bits per heavy atom. The van der Waals surface area contributed by atoms with Crippen molar-refractivity contribution in [2.45, 2.75) is 11.8 Å². The molecule has 9 heteroatoms. The van der Waals surface area contributed by atoms with Crippen LogP contribution in [0.25, 0.3) is 0 Å². The van der Waals surface area contributed by atoms with Crippen LogP contribution in [0.5, 0.6) is 0 Å². The standard InChI is InChI=1S/C12H11FN2O4S2/c1-7-10(12(16)17)11(20-14-7)15(2)21(18,19)9-6-4-3-5-8(9)13/h3-6H,1-2H3,(H,16,17). The van der Waals surface area contributed by atoms with Gasteiger partial charge in [0.05, 0.1) is 5.69 Å². The average molecular weight is 330 g/mol. The normalized spacial score (nSPS) is 11.4. The van der Waals surface area contributed by atoms with Gasteiger partial charge in [0.1, 0.15) is 21.3 Å². The van der Waals surface area contributed by atoms with E-state index in [1.807, 2.05) is 0 Å². The van der Waals surface area contributed by atoms with Gasteiger partial charge in [0, 0.05) is 7.05 Å². The van der Waals surface area contributed by atoms with Crippen molar-refractivity contribution in [3.63, 3.8) is 0 Å². The molecule has 0 fully saturated rings. The number of carboxylic acid groups (broad SMARTS) is 1. The lowest BCUT2D eigenvalue weighted by atomic mass is 10.2. The van der Waals surface area contributed by atoms with Gasteiger partial charge in [-0.05, 0) is 30.6 Å². The lowest BCUT2D eigenvalue weighted by molar-refractivity contribution is 0.0697. The number of benzene rings is 1. The number of anilines is 1. The molecule has 0 saturated heterocycles. The lowest BCUT2D eigenvalue weighted by Crippen LogP contribution is -2.28. The van der Waals surface area contributed by atoms with Crippen molar-refractivity contribution in [2.24, 2.45) is 0 Å². The van der Waals surface area contributed by atoms with Crippen LogP contribution in [-0.2, 0) is 10.0 Å². The van der Waals surface area contributed by atoms with Crippen LogP contribution in [0, 0.1) is 12.7 Å². The second-order valence-electron chi connectivity index (χ2n) is 4.16. The Labute approximate surface area is 124 Å². The third-order valence-corrected chi connectivity index (χ3v) is 5.74. The van der Waals surface area contributed by atoms with Crippen LogP contribution >= 0.6 is 11.5 Å². The van der Waals surface area contributed by atoms with Gasteiger partial charge >= 0.3 is 5.97 Å². The van der Waals surface area contributed by atoms with Gasteiger partial charge in [-0.15, -0.1) is 0 Å². The van der Waals surface area contributed by atoms with Crippen molar-refractivity contribution in [1.82, 2.24) is 4.37 Å². The maximum absolute atomic E-state index is 13.7. The van der Waals surface area contributed by atoms with Crippen molar-refractivity contribution < 1.29 is 22.7 Å². The van der Waals surface area contributed by atoms with E-state index in [1.54, 1.807) is 0 Å². The highest BCUT2D eigenvalue weighted by atomic mass is 32.2. The van der Waals surface area contributed by atoms with Gasteiger partial charge in [-0.2, -0.15) is 4.37 Å². The predicted octanol–water partition coefficient (Wildman–Crippen LogP) is 2.11. The van der Waals surface area contributed by atoms with Crippen LogP contribution in [0.3, 0.4) is 0 Å². The molecule has 1 N–H and O–H groups in total. The maximum atomic E-state index is 13.7. The van der Waals surface area contributed by atoms with E-state index >= 15 is 0 Å². The molecule has 0 atom stereocenters. The number of aromatic carboxylic acids is 1. The van der Waals surface area contributed by atoms with Crippen LogP contribution in [0.15, 0.2) is 29.2 Å². The second kappa shape index (κ2) is 5.41. The fraction of sp³-hybridized carbons (Fsp3) is 0.167. The topological polar surface area (TPSA) is 87.6 Å². The molecule has 6 nitrogen and oxygen atoms in total. The summed E-state index contributed by atoms with van der Waals surface area (Å²) in [6, 6.07) is 4.90. The lowest BCUT2D eigenvalue weighted by Gasteiger charge is -2.18. The molecule has 1 aromatic carbocycles. The van der Waals surface area contributed by atoms with Crippen LogP contribution < -0.4 is 4.31 Å². The van der Waals surface area contributed by atoms with E-state index < -0.39 is 26.7 Å². The summed E-state index contributed by atoms with van der Waals surface area (Å²) < 4.78 is 43.1. The zero-order chi connectivity index (χ0) is 15.8. The van der Waals surface area contributed by atoms with Gasteiger partial charge in [0.25, 0.3) is 10.0 Å². The van der Waals surface area contributed by atoms with Gasteiger partial charge in [-0.1, -0.05) is 12.1 Å². The van der Waals surface area contributed by atoms with E-state index in [0.717, 1.165) is 28.0 Å². The Hall–Kier alpha value is -2.00. The molecular formula is C12H11FN2O4S2. The Morgan fingerprint density at radius 2 is 2.00 bits per heavy atom. The molecule has 2 aromatic rings. The molecule has 0 aliphatic rings. The van der Waals surface area contributed by atoms with Gasteiger partial charge in [-0.25, -0.2) is 17.6 Å². The third kappa shape index (κ3) is 2.61. The molecule has 0 saturated carbocycles. The smallest absolute Gasteiger partial charge is 0.340 e. The SMILES string of the molecule is Cc1nsc(N(C)S(=O)(=O)c2ccccc2F)c1C(=O)O. The number of carboxylic acids is 1. The second-order valence-corrected chi connectivity index (χ2v) is 6.85. The summed E-state index contributed by atoms with van der Waals surface area (Å²) in [5.74, 6) is -2.19. The first-order valence-electron chi connectivity index (χ1n) is 5.70. The van der Waals surface area contributed by atoms with Crippen LogP contribution in [0.2, 0.25) is 0 Å². The summed E-state index contributed by atoms with van der Waals surface area (Å²) in [5.41, 5.74) is 0.000461. The third-order valence-electron chi connectivity index (χ3n) is 2.82. The summed E-state index contributed by atoms with van der Waals surface area (Å²) in [4.78, 5) is 10.7. The van der Waals surface area contributed by atoms with Gasteiger partial charge in [0.2, 0.25) is 0 Å². The van der Waals surface area contributed by atoms with Gasteiger partial charge in [-0.3, -0.25) is 4.31 Å². The van der Waals surface area contributed by atoms with E-state index in [2.05, 4.69) is 4.37 Å². The molecule has 0 radical (unpaired) electrons. The van der Waals surface area contributed by atoms with E-state index in [0.29, 0.717) is 0 Å². The fourth-order valence-electron chi connectivity index (χ4n) is 1.73. The first-order chi connectivity index (χ1) is 9.76. The summed E-state index contributed by atoms with van der Waals surface area (Å²) >= 11 is 0.733. The molecule has 21 heavy (non-hydrogen) atoms. The molecule has 112 valence electrons. The minimum Gasteiger partial charge on any atom is -0.478 e. The van der Waals surface area contributed by atoms with Gasteiger partial charge < -0.3 is 5.11 Å². The van der Waals surface area contributed by atoms with Crippen molar-refractivity contribution >= 4 is 32.5 Å². The number of rotatable bonds is 4. The van der Waals surface area contributed by atoms with Crippen molar-refractivity contribution in [3.05, 3.63) is 41.3 Å². The Kier molecular flexibility index (Phi) is 3.97. The average Bonchev–Trinajstić information content (AvgIpc) is 2.80. The zero-order valence-electron chi connectivity index (χ0n) is 11.1. The minimum absolute atomic E-state index is 0.0664. The molecule has 0 bridgehead atoms. The Balaban J connectivity index is 2.57. The van der Waals surface area contributed by atoms with E-state index in [-0.39, 0.29) is 16.3 Å². The molecule has 0 aliphatic heterocycles. The highest BCUT2D eigenvalue weighted by Crippen LogP contribution is 2.32. The molecular weight excluding hydrogens is 319 g/mol. The molecule has 1 heterocycles. The maximum Gasteiger partial charge on any atom is 0.340 e. The number of hydrogen-bond donors (Lipinski definition) is 1. The number of halogens is 1. The number of aromatic nitrogens is 1. The number of aryl methyl sites for hydroxylation is 1. The van der Waals surface area contributed by atoms with Crippen molar-refractivity contribution in [2.75, 3.05) is 11.4 Å². The molecule has 0 aliphatic carbocycles. The number of nitrogens with zero attached hydrogens (tertiary/aromatic N) is 2. The number of carbonyl (C=O) groups is 1. The fourth-order valence-corrected chi connectivity index (χ4v) is 4.05. The first-order valence-corrected chi connectivity index (χ1v) is 7.91. The highest BCUT2D eigenvalue weighted by Gasteiger charge is 2.30. The number of hydrogen-bond acceptors (Lipinski definition) is 5. The highest BCUT2D eigenvalue weighted by molar-refractivity contribution is 7.93. The molecule has 0 spiro atoms. The summed E-state index contributed by atoms with van der Waals surface area (Å²) in [5, 5.41) is 9.08. The predicted molar refractivity (Wildman–Crippen MR) is 75.8 cm³/mol. The van der Waals surface area contributed by atoms with Crippen molar-refractivity contribution in [3.8, 4) is 0 Å². The first kappa shape index (κ1) is 15.4.